The molecule has 0 fully saturated rings. The van der Waals surface area contributed by atoms with Gasteiger partial charge in [-0.05, 0) is 159 Å². The van der Waals surface area contributed by atoms with E-state index in [1.54, 1.807) is 30.7 Å². The summed E-state index contributed by atoms with van der Waals surface area (Å²) in [5, 5.41) is 37.6. The maximum absolute atomic E-state index is 13.0. The number of furan rings is 4. The van der Waals surface area contributed by atoms with Crippen molar-refractivity contribution in [3.8, 4) is 90.3 Å². The van der Waals surface area contributed by atoms with Crippen LogP contribution in [0.1, 0.15) is 105 Å². The molecule has 8 heterocycles. The van der Waals surface area contributed by atoms with Crippen molar-refractivity contribution < 1.29 is 142 Å². The number of nitrogens with zero attached hydrogens (tertiary/aromatic N) is 4. The van der Waals surface area contributed by atoms with Crippen molar-refractivity contribution in [2.75, 3.05) is 0 Å². The standard InChI is InChI=1S/C23H20NO.C22H18NO.C21H16NO.C19H11FNO.4C5H8O2.4Ir/c1-14-8-15(2)10-18(9-14)20-11-19-12-21(25-22(19)13-24-20)23-16(3)6-5-7-17(23)4;1-14-4-6-17(7-5-14)21-12-19-11-20(23-13-22(19)24-21)18-9-15(2)8-16(3)10-18;1-14-8-15(2)10-17(9-14)19-11-18-12-20(23-21(18)13-22-19)16-6-4-3-5-7-16;20-16-8-6-14(7-9-16)18-11-15-10-17(21-12-19(15)22-18)13-4-2-1-3-5-13;4*1-4(6)3-5(2)7;;;;/h5-9,11-13H,1-4H3;4-9,11-13H,1-3H3;3-9,11-13H,1-2H3;1-4,6-12H;4*3,6H,1-2H3;;;;/q4*-1;;;;;;;;. The molecule has 0 aliphatic rings. The zero-order chi connectivity index (χ0) is 88.4. The molecule has 4 radical (unpaired) electrons. The van der Waals surface area contributed by atoms with Gasteiger partial charge in [-0.1, -0.05) is 144 Å². The summed E-state index contributed by atoms with van der Waals surface area (Å²) >= 11 is 0. The predicted molar refractivity (Wildman–Crippen MR) is 486 cm³/mol. The molecule has 0 aliphatic carbocycles. The largest absolute Gasteiger partial charge is 0.512 e. The summed E-state index contributed by atoms with van der Waals surface area (Å²) in [5.41, 5.74) is 25.6. The van der Waals surface area contributed by atoms with E-state index in [0.717, 1.165) is 134 Å². The molecule has 656 valence electrons. The number of hydrogen-bond donors (Lipinski definition) is 4. The number of aliphatic hydroxyl groups excluding tert-OH is 4. The van der Waals surface area contributed by atoms with Crippen molar-refractivity contribution in [3.63, 3.8) is 0 Å². The van der Waals surface area contributed by atoms with E-state index in [0.29, 0.717) is 11.3 Å². The minimum absolute atomic E-state index is 0. The van der Waals surface area contributed by atoms with E-state index >= 15 is 0 Å². The van der Waals surface area contributed by atoms with Crippen LogP contribution in [0.2, 0.25) is 0 Å². The SMILES string of the molecule is CC(=O)C=C(C)O.CC(=O)C=C(C)O.CC(=O)C=C(C)O.CC(=O)C=C(C)O.Cc1[c-]c(-c2cc3cc(-c4c(C)cccc4C)oc3cn2)cc(C)c1.Cc1[c-]c(-c2cc3cc(-c4ccc(C)cc4)oc3cn2)cc(C)c1.Cc1[c-]c(-c2cc3cc(-c4ccccc4)oc3cn2)cc(C)c1.Fc1ccc(-c2cc3cc(-c4[c-]cccc4)ncc3o2)cc1.[Ir].[Ir].[Ir].[Ir]. The molecule has 0 saturated carbocycles. The second-order valence-electron chi connectivity index (χ2n) is 29.5. The van der Waals surface area contributed by atoms with Crippen LogP contribution in [-0.4, -0.2) is 63.5 Å². The second kappa shape index (κ2) is 50.1. The minimum atomic E-state index is -0.261. The van der Waals surface area contributed by atoms with Crippen molar-refractivity contribution >= 4 is 67.0 Å². The van der Waals surface area contributed by atoms with Crippen LogP contribution in [0.25, 0.3) is 134 Å². The summed E-state index contributed by atoms with van der Waals surface area (Å²) in [6, 6.07) is 81.1. The normalized spacial score (nSPS) is 10.8. The van der Waals surface area contributed by atoms with Crippen molar-refractivity contribution in [1.29, 1.82) is 0 Å². The summed E-state index contributed by atoms with van der Waals surface area (Å²) in [6.45, 7) is 30.2. The molecule has 8 aromatic heterocycles. The number of pyridine rings is 4. The average Bonchev–Trinajstić information content (AvgIpc) is 1.66. The molecule has 8 aromatic carbocycles. The van der Waals surface area contributed by atoms with Crippen LogP contribution in [0.5, 0.6) is 0 Å². The first-order chi connectivity index (χ1) is 58.1. The number of allylic oxidation sites excluding steroid dienone is 8. The number of hydrogen-bond acceptors (Lipinski definition) is 16. The number of carbonyl (C=O) groups is 4. The summed E-state index contributed by atoms with van der Waals surface area (Å²) < 4.78 is 36.8. The molecule has 16 nitrogen and oxygen atoms in total. The van der Waals surface area contributed by atoms with Gasteiger partial charge in [0.15, 0.2) is 45.5 Å². The van der Waals surface area contributed by atoms with Crippen LogP contribution >= 0.6 is 0 Å². The molecule has 0 atom stereocenters. The van der Waals surface area contributed by atoms with Gasteiger partial charge >= 0.3 is 0 Å². The number of benzene rings is 8. The first kappa shape index (κ1) is 104. The third-order valence-electron chi connectivity index (χ3n) is 17.8. The Morgan fingerprint density at radius 3 is 0.905 bits per heavy atom. The van der Waals surface area contributed by atoms with Crippen LogP contribution in [0, 0.1) is 92.4 Å². The van der Waals surface area contributed by atoms with E-state index in [9.17, 15) is 23.6 Å². The van der Waals surface area contributed by atoms with Gasteiger partial charge in [0.25, 0.3) is 0 Å². The Kier molecular flexibility index (Phi) is 41.6. The molecule has 0 amide bonds. The summed E-state index contributed by atoms with van der Waals surface area (Å²) in [7, 11) is 0. The molecule has 0 aliphatic heterocycles. The first-order valence-corrected chi connectivity index (χ1v) is 39.1. The number of halogens is 1. The van der Waals surface area contributed by atoms with Crippen LogP contribution in [0.3, 0.4) is 0 Å². The number of ketones is 4. The maximum atomic E-state index is 13.0. The zero-order valence-corrected chi connectivity index (χ0v) is 82.4. The van der Waals surface area contributed by atoms with Crippen molar-refractivity contribution in [3.05, 3.63) is 359 Å². The molecule has 0 spiro atoms. The zero-order valence-electron chi connectivity index (χ0n) is 72.8. The topological polar surface area (TPSA) is 253 Å². The Balaban J connectivity index is 0.000000268. The molecular weight excluding hydrogens is 2300 g/mol. The van der Waals surface area contributed by atoms with Gasteiger partial charge in [-0.2, -0.15) is 0 Å². The first-order valence-electron chi connectivity index (χ1n) is 39.1. The number of aryl methyl sites for hydroxylation is 9. The van der Waals surface area contributed by atoms with Gasteiger partial charge in [0, 0.05) is 149 Å². The van der Waals surface area contributed by atoms with Gasteiger partial charge < -0.3 is 58.0 Å². The van der Waals surface area contributed by atoms with E-state index in [4.69, 9.17) is 38.1 Å². The fourth-order valence-electron chi connectivity index (χ4n) is 12.9. The molecule has 0 unspecified atom stereocenters. The molecule has 0 saturated heterocycles. The van der Waals surface area contributed by atoms with Crippen molar-refractivity contribution in [2.45, 2.75) is 118 Å². The third kappa shape index (κ3) is 32.5. The van der Waals surface area contributed by atoms with Crippen LogP contribution in [0.4, 0.5) is 4.39 Å². The summed E-state index contributed by atoms with van der Waals surface area (Å²) in [5.74, 6) is 2.82. The van der Waals surface area contributed by atoms with Crippen LogP contribution in [-0.2, 0) is 99.6 Å². The Hall–Kier alpha value is -12.1. The van der Waals surface area contributed by atoms with Gasteiger partial charge in [-0.25, -0.2) is 4.39 Å². The fraction of sp³-hybridized carbons (Fsp3) is 0.162. The molecule has 21 heteroatoms. The van der Waals surface area contributed by atoms with Gasteiger partial charge in [-0.3, -0.25) is 19.2 Å². The number of aromatic nitrogens is 4. The summed E-state index contributed by atoms with van der Waals surface area (Å²) in [6.07, 6.45) is 11.8. The number of carbonyl (C=O) groups excluding carboxylic acids is 4. The molecule has 0 bridgehead atoms. The molecule has 126 heavy (non-hydrogen) atoms. The van der Waals surface area contributed by atoms with Crippen LogP contribution < -0.4 is 0 Å². The Labute approximate surface area is 789 Å². The second-order valence-corrected chi connectivity index (χ2v) is 29.5. The van der Waals surface area contributed by atoms with Gasteiger partial charge in [0.05, 0.1) is 47.8 Å². The fourth-order valence-corrected chi connectivity index (χ4v) is 12.9. The van der Waals surface area contributed by atoms with Crippen molar-refractivity contribution in [1.82, 2.24) is 19.9 Å². The van der Waals surface area contributed by atoms with E-state index in [2.05, 4.69) is 222 Å². The Morgan fingerprint density at radius 1 is 0.317 bits per heavy atom. The third-order valence-corrected chi connectivity index (χ3v) is 17.8. The molecular formula is C105H97FIr4N4O12-4. The van der Waals surface area contributed by atoms with Crippen molar-refractivity contribution in [2.24, 2.45) is 0 Å². The number of aliphatic hydroxyl groups is 4. The number of rotatable bonds is 12. The quantitative estimate of drug-likeness (QED) is 0.0504. The van der Waals surface area contributed by atoms with Crippen LogP contribution in [0.15, 0.2) is 296 Å². The van der Waals surface area contributed by atoms with E-state index in [1.165, 1.54) is 131 Å². The molecule has 16 rings (SSSR count). The van der Waals surface area contributed by atoms with Gasteiger partial charge in [0.2, 0.25) is 0 Å². The average molecular weight is 2390 g/mol. The Bertz CT molecular complexity index is 6290. The van der Waals surface area contributed by atoms with Gasteiger partial charge in [0.1, 0.15) is 28.9 Å². The minimum Gasteiger partial charge on any atom is -0.512 e. The smallest absolute Gasteiger partial charge is 0.155 e. The maximum Gasteiger partial charge on any atom is 0.155 e. The van der Waals surface area contributed by atoms with E-state index in [1.807, 2.05) is 72.9 Å². The molecule has 16 aromatic rings. The van der Waals surface area contributed by atoms with E-state index in [-0.39, 0.29) is 132 Å². The number of fused-ring (bicyclic) bond motifs is 4. The monoisotopic (exact) mass is 2400 g/mol. The molecule has 4 N–H and O–H groups in total. The van der Waals surface area contributed by atoms with E-state index < -0.39 is 0 Å². The predicted octanol–water partition coefficient (Wildman–Crippen LogP) is 26.9. The Morgan fingerprint density at radius 2 is 0.611 bits per heavy atom. The van der Waals surface area contributed by atoms with Gasteiger partial charge in [-0.15, -0.1) is 141 Å². The summed E-state index contributed by atoms with van der Waals surface area (Å²) in [4.78, 5) is 58.2.